The van der Waals surface area contributed by atoms with Crippen LogP contribution in [0.15, 0.2) is 12.3 Å². The van der Waals surface area contributed by atoms with Crippen LogP contribution in [0.2, 0.25) is 0 Å². The molecule has 1 fully saturated rings. The van der Waals surface area contributed by atoms with E-state index in [1.54, 1.807) is 0 Å². The molecule has 1 aliphatic heterocycles. The number of carbonyl (C=O) groups is 1. The average molecular weight is 294 g/mol. The van der Waals surface area contributed by atoms with Gasteiger partial charge in [-0.3, -0.25) is 0 Å². The fraction of sp³-hybridized carbons (Fsp3) is 0.600. The maximum absolute atomic E-state index is 12.3. The normalized spacial score (nSPS) is 19.2. The summed E-state index contributed by atoms with van der Waals surface area (Å²) in [6, 6.07) is 2.02. The van der Waals surface area contributed by atoms with Crippen LogP contribution in [0.3, 0.4) is 0 Å². The second-order valence-electron chi connectivity index (χ2n) is 6.27. The molecule has 0 bridgehead atoms. The fourth-order valence-corrected chi connectivity index (χ4v) is 2.81. The van der Waals surface area contributed by atoms with Crippen LogP contribution in [-0.2, 0) is 4.74 Å². The number of aromatic nitrogens is 1. The Morgan fingerprint density at radius 1 is 1.50 bits per heavy atom. The van der Waals surface area contributed by atoms with Gasteiger partial charge in [0.2, 0.25) is 0 Å². The van der Waals surface area contributed by atoms with E-state index in [9.17, 15) is 4.79 Å². The Labute approximate surface area is 125 Å². The monoisotopic (exact) mass is 294 g/mol. The van der Waals surface area contributed by atoms with Crippen molar-refractivity contribution in [2.24, 2.45) is 0 Å². The number of nitrogens with one attached hydrogen (secondary N) is 1. The number of amides is 1. The molecular formula is C15H22N2O2S. The molecule has 1 aromatic heterocycles. The van der Waals surface area contributed by atoms with E-state index in [0.717, 1.165) is 30.5 Å². The van der Waals surface area contributed by atoms with Crippen molar-refractivity contribution >= 4 is 18.3 Å². The van der Waals surface area contributed by atoms with Crippen LogP contribution >= 0.6 is 12.2 Å². The smallest absolute Gasteiger partial charge is 0.410 e. The molecule has 1 saturated heterocycles. The minimum Gasteiger partial charge on any atom is -0.444 e. The molecule has 4 nitrogen and oxygen atoms in total. The lowest BCUT2D eigenvalue weighted by atomic mass is 10.0. The quantitative estimate of drug-likeness (QED) is 0.792. The highest BCUT2D eigenvalue weighted by atomic mass is 32.1. The third-order valence-corrected chi connectivity index (χ3v) is 3.65. The second kappa shape index (κ2) is 5.56. The van der Waals surface area contributed by atoms with E-state index in [0.29, 0.717) is 4.64 Å². The number of likely N-dealkylation sites (tertiary alicyclic amines) is 1. The van der Waals surface area contributed by atoms with E-state index in [4.69, 9.17) is 17.0 Å². The number of hydrogen-bond donors (Lipinski definition) is 1. The van der Waals surface area contributed by atoms with Gasteiger partial charge in [-0.25, -0.2) is 4.79 Å². The van der Waals surface area contributed by atoms with Gasteiger partial charge in [-0.1, -0.05) is 12.2 Å². The zero-order valence-electron chi connectivity index (χ0n) is 12.5. The maximum atomic E-state index is 12.3. The standard InChI is InChI=1S/C15H22N2O2S/c1-10-8-13(20)16-9-11(10)12-6-5-7-17(12)14(18)19-15(2,3)4/h8-9,12H,5-7H2,1-4H3,(H,16,20). The zero-order valence-corrected chi connectivity index (χ0v) is 13.3. The van der Waals surface area contributed by atoms with Crippen LogP contribution in [0.5, 0.6) is 0 Å². The predicted molar refractivity (Wildman–Crippen MR) is 81.3 cm³/mol. The largest absolute Gasteiger partial charge is 0.444 e. The molecule has 0 aromatic carbocycles. The number of ether oxygens (including phenoxy) is 1. The molecule has 5 heteroatoms. The van der Waals surface area contributed by atoms with E-state index < -0.39 is 5.60 Å². The number of aryl methyl sites for hydroxylation is 1. The molecule has 1 aliphatic rings. The summed E-state index contributed by atoms with van der Waals surface area (Å²) in [4.78, 5) is 17.2. The average Bonchev–Trinajstić information content (AvgIpc) is 2.75. The number of rotatable bonds is 1. The van der Waals surface area contributed by atoms with Crippen molar-refractivity contribution < 1.29 is 9.53 Å². The summed E-state index contributed by atoms with van der Waals surface area (Å²) < 4.78 is 6.21. The van der Waals surface area contributed by atoms with E-state index in [-0.39, 0.29) is 12.1 Å². The van der Waals surface area contributed by atoms with Crippen LogP contribution in [0, 0.1) is 11.6 Å². The highest BCUT2D eigenvalue weighted by Crippen LogP contribution is 2.34. The first kappa shape index (κ1) is 15.0. The maximum Gasteiger partial charge on any atom is 0.410 e. The first-order valence-corrected chi connectivity index (χ1v) is 7.37. The Balaban J connectivity index is 2.23. The van der Waals surface area contributed by atoms with E-state index in [1.807, 2.05) is 44.9 Å². The fourth-order valence-electron chi connectivity index (χ4n) is 2.57. The molecule has 1 unspecified atom stereocenters. The van der Waals surface area contributed by atoms with Gasteiger partial charge in [-0.05, 0) is 57.7 Å². The lowest BCUT2D eigenvalue weighted by molar-refractivity contribution is 0.0224. The summed E-state index contributed by atoms with van der Waals surface area (Å²) in [5.74, 6) is 0. The molecular weight excluding hydrogens is 272 g/mol. The van der Waals surface area contributed by atoms with Crippen molar-refractivity contribution in [2.45, 2.75) is 52.2 Å². The number of hydrogen-bond acceptors (Lipinski definition) is 3. The molecule has 2 rings (SSSR count). The van der Waals surface area contributed by atoms with Gasteiger partial charge < -0.3 is 14.6 Å². The molecule has 1 N–H and O–H groups in total. The zero-order chi connectivity index (χ0) is 14.9. The number of pyridine rings is 1. The number of carbonyl (C=O) groups excluding carboxylic acids is 1. The molecule has 0 radical (unpaired) electrons. The third-order valence-electron chi connectivity index (χ3n) is 3.41. The van der Waals surface area contributed by atoms with Crippen LogP contribution in [0.25, 0.3) is 0 Å². The summed E-state index contributed by atoms with van der Waals surface area (Å²) in [6.45, 7) is 8.45. The van der Waals surface area contributed by atoms with Crippen molar-refractivity contribution in [3.63, 3.8) is 0 Å². The van der Waals surface area contributed by atoms with Crippen molar-refractivity contribution in [2.75, 3.05) is 6.54 Å². The number of aromatic amines is 1. The van der Waals surface area contributed by atoms with Crippen LogP contribution in [-0.4, -0.2) is 28.1 Å². The summed E-state index contributed by atoms with van der Waals surface area (Å²) in [7, 11) is 0. The highest BCUT2D eigenvalue weighted by Gasteiger charge is 2.33. The minimum absolute atomic E-state index is 0.0803. The molecule has 1 aromatic rings. The summed E-state index contributed by atoms with van der Waals surface area (Å²) in [6.07, 6.45) is 3.65. The SMILES string of the molecule is Cc1cc(=S)[nH]cc1C1CCCN1C(=O)OC(C)(C)C. The van der Waals surface area contributed by atoms with Crippen molar-refractivity contribution in [3.05, 3.63) is 28.0 Å². The van der Waals surface area contributed by atoms with Gasteiger partial charge >= 0.3 is 6.09 Å². The van der Waals surface area contributed by atoms with Gasteiger partial charge in [0.1, 0.15) is 10.2 Å². The summed E-state index contributed by atoms with van der Waals surface area (Å²) in [5, 5.41) is 0. The molecule has 0 aliphatic carbocycles. The number of nitrogens with zero attached hydrogens (tertiary/aromatic N) is 1. The molecule has 2 heterocycles. The topological polar surface area (TPSA) is 45.3 Å². The second-order valence-corrected chi connectivity index (χ2v) is 6.71. The van der Waals surface area contributed by atoms with Gasteiger partial charge in [-0.2, -0.15) is 0 Å². The Hall–Kier alpha value is -1.36. The Kier molecular flexibility index (Phi) is 4.18. The summed E-state index contributed by atoms with van der Waals surface area (Å²) >= 11 is 5.13. The Bertz CT molecular complexity index is 560. The lowest BCUT2D eigenvalue weighted by Gasteiger charge is -2.29. The highest BCUT2D eigenvalue weighted by molar-refractivity contribution is 7.71. The van der Waals surface area contributed by atoms with Gasteiger partial charge in [0.15, 0.2) is 0 Å². The lowest BCUT2D eigenvalue weighted by Crippen LogP contribution is -2.36. The first-order valence-electron chi connectivity index (χ1n) is 6.97. The van der Waals surface area contributed by atoms with Crippen LogP contribution in [0.4, 0.5) is 4.79 Å². The van der Waals surface area contributed by atoms with Gasteiger partial charge in [-0.15, -0.1) is 0 Å². The minimum atomic E-state index is -0.462. The summed E-state index contributed by atoms with van der Waals surface area (Å²) in [5.41, 5.74) is 1.78. The van der Waals surface area contributed by atoms with Gasteiger partial charge in [0.25, 0.3) is 0 Å². The van der Waals surface area contributed by atoms with Crippen molar-refractivity contribution in [3.8, 4) is 0 Å². The molecule has 0 spiro atoms. The van der Waals surface area contributed by atoms with Gasteiger partial charge in [0.05, 0.1) is 6.04 Å². The molecule has 1 atom stereocenters. The number of H-pyrrole nitrogens is 1. The Morgan fingerprint density at radius 3 is 2.80 bits per heavy atom. The predicted octanol–water partition coefficient (Wildman–Crippen LogP) is 4.12. The first-order chi connectivity index (χ1) is 9.28. The van der Waals surface area contributed by atoms with Crippen molar-refractivity contribution in [1.29, 1.82) is 0 Å². The van der Waals surface area contributed by atoms with Crippen molar-refractivity contribution in [1.82, 2.24) is 9.88 Å². The van der Waals surface area contributed by atoms with E-state index in [1.165, 1.54) is 0 Å². The molecule has 1 amide bonds. The van der Waals surface area contributed by atoms with Crippen LogP contribution in [0.1, 0.15) is 50.8 Å². The molecule has 0 saturated carbocycles. The third kappa shape index (κ3) is 3.39. The van der Waals surface area contributed by atoms with E-state index >= 15 is 0 Å². The van der Waals surface area contributed by atoms with Gasteiger partial charge in [0, 0.05) is 12.7 Å². The van der Waals surface area contributed by atoms with Crippen LogP contribution < -0.4 is 0 Å². The van der Waals surface area contributed by atoms with E-state index in [2.05, 4.69) is 4.98 Å². The Morgan fingerprint density at radius 2 is 2.20 bits per heavy atom. The molecule has 110 valence electrons. The molecule has 20 heavy (non-hydrogen) atoms.